The normalized spacial score (nSPS) is 10.1. The fraction of sp³-hybridized carbons (Fsp3) is 0.176. The molecule has 0 unspecified atom stereocenters. The highest BCUT2D eigenvalue weighted by molar-refractivity contribution is 6.30. The van der Waals surface area contributed by atoms with Crippen molar-refractivity contribution >= 4 is 29.0 Å². The zero-order chi connectivity index (χ0) is 15.9. The quantitative estimate of drug-likeness (QED) is 0.650. The van der Waals surface area contributed by atoms with Crippen molar-refractivity contribution in [2.24, 2.45) is 0 Å². The molecule has 0 atom stereocenters. The summed E-state index contributed by atoms with van der Waals surface area (Å²) < 4.78 is 5.10. The minimum Gasteiger partial charge on any atom is -0.454 e. The molecule has 0 amide bonds. The van der Waals surface area contributed by atoms with E-state index in [1.165, 1.54) is 0 Å². The van der Waals surface area contributed by atoms with E-state index in [9.17, 15) is 9.59 Å². The number of carbonyl (C=O) groups is 2. The molecule has 0 heterocycles. The first-order valence-corrected chi connectivity index (χ1v) is 7.28. The van der Waals surface area contributed by atoms with Gasteiger partial charge in [-0.25, -0.2) is 4.79 Å². The average molecular weight is 318 g/mol. The van der Waals surface area contributed by atoms with Gasteiger partial charge >= 0.3 is 5.97 Å². The molecule has 0 saturated carbocycles. The second-order valence-corrected chi connectivity index (χ2v) is 5.02. The van der Waals surface area contributed by atoms with Crippen LogP contribution in [0.3, 0.4) is 0 Å². The minimum absolute atomic E-state index is 0.272. The van der Waals surface area contributed by atoms with Crippen LogP contribution in [0.2, 0.25) is 5.02 Å². The molecule has 0 aliphatic rings. The van der Waals surface area contributed by atoms with Crippen molar-refractivity contribution < 1.29 is 14.3 Å². The Hall–Kier alpha value is -2.33. The van der Waals surface area contributed by atoms with Crippen molar-refractivity contribution in [2.45, 2.75) is 6.92 Å². The van der Waals surface area contributed by atoms with Gasteiger partial charge in [0.05, 0.1) is 5.56 Å². The number of hydrogen-bond donors (Lipinski definition) is 1. The molecule has 4 nitrogen and oxygen atoms in total. The predicted molar refractivity (Wildman–Crippen MR) is 86.7 cm³/mol. The van der Waals surface area contributed by atoms with Crippen LogP contribution in [0, 0.1) is 0 Å². The maximum absolute atomic E-state index is 12.1. The van der Waals surface area contributed by atoms with Gasteiger partial charge in [-0.2, -0.15) is 0 Å². The summed E-state index contributed by atoms with van der Waals surface area (Å²) in [6, 6.07) is 13.5. The van der Waals surface area contributed by atoms with Gasteiger partial charge in [0.15, 0.2) is 12.4 Å². The molecule has 2 rings (SSSR count). The first kappa shape index (κ1) is 16.0. The smallest absolute Gasteiger partial charge is 0.340 e. The van der Waals surface area contributed by atoms with E-state index < -0.39 is 5.97 Å². The van der Waals surface area contributed by atoms with Crippen molar-refractivity contribution in [1.29, 1.82) is 0 Å². The number of para-hydroxylation sites is 1. The van der Waals surface area contributed by atoms with Crippen LogP contribution in [0.4, 0.5) is 5.69 Å². The largest absolute Gasteiger partial charge is 0.454 e. The highest BCUT2D eigenvalue weighted by Crippen LogP contribution is 2.16. The van der Waals surface area contributed by atoms with Gasteiger partial charge in [-0.1, -0.05) is 23.7 Å². The summed E-state index contributed by atoms with van der Waals surface area (Å²) >= 11 is 5.77. The Morgan fingerprint density at radius 3 is 2.45 bits per heavy atom. The summed E-state index contributed by atoms with van der Waals surface area (Å²) in [6.45, 7) is 2.32. The van der Waals surface area contributed by atoms with Crippen LogP contribution in [0.15, 0.2) is 48.5 Å². The molecule has 0 bridgehead atoms. The summed E-state index contributed by atoms with van der Waals surface area (Å²) in [6.07, 6.45) is 0. The van der Waals surface area contributed by atoms with Crippen molar-refractivity contribution in [2.75, 3.05) is 18.5 Å². The minimum atomic E-state index is -0.529. The number of rotatable bonds is 6. The molecule has 0 saturated heterocycles. The number of ether oxygens (including phenoxy) is 1. The Kier molecular flexibility index (Phi) is 5.55. The molecule has 22 heavy (non-hydrogen) atoms. The average Bonchev–Trinajstić information content (AvgIpc) is 2.54. The van der Waals surface area contributed by atoms with E-state index in [-0.39, 0.29) is 12.4 Å². The summed E-state index contributed by atoms with van der Waals surface area (Å²) in [5, 5.41) is 3.63. The molecule has 0 fully saturated rings. The Balaban J connectivity index is 2.01. The number of Topliss-reactive ketones (excluding diaryl/α,β-unsaturated/α-hetero) is 1. The van der Waals surface area contributed by atoms with E-state index in [0.717, 1.165) is 0 Å². The zero-order valence-electron chi connectivity index (χ0n) is 12.1. The Morgan fingerprint density at radius 2 is 1.77 bits per heavy atom. The molecule has 0 spiro atoms. The van der Waals surface area contributed by atoms with Crippen LogP contribution >= 0.6 is 11.6 Å². The highest BCUT2D eigenvalue weighted by atomic mass is 35.5. The maximum Gasteiger partial charge on any atom is 0.340 e. The number of halogens is 1. The van der Waals surface area contributed by atoms with Crippen molar-refractivity contribution in [1.82, 2.24) is 0 Å². The standard InChI is InChI=1S/C17H16ClNO3/c1-2-19-15-6-4-3-5-14(15)17(21)22-11-16(20)12-7-9-13(18)10-8-12/h3-10,19H,2,11H2,1H3. The van der Waals surface area contributed by atoms with Gasteiger partial charge in [-0.15, -0.1) is 0 Å². The van der Waals surface area contributed by atoms with Gasteiger partial charge in [0, 0.05) is 22.8 Å². The van der Waals surface area contributed by atoms with Crippen LogP contribution in [0.1, 0.15) is 27.6 Å². The van der Waals surface area contributed by atoms with E-state index in [2.05, 4.69) is 5.32 Å². The number of hydrogen-bond acceptors (Lipinski definition) is 4. The number of anilines is 1. The molecular formula is C17H16ClNO3. The van der Waals surface area contributed by atoms with Crippen LogP contribution in [-0.2, 0) is 4.74 Å². The lowest BCUT2D eigenvalue weighted by atomic mass is 10.1. The van der Waals surface area contributed by atoms with Crippen LogP contribution in [0.25, 0.3) is 0 Å². The third kappa shape index (κ3) is 4.09. The number of ketones is 1. The zero-order valence-corrected chi connectivity index (χ0v) is 12.9. The van der Waals surface area contributed by atoms with Crippen molar-refractivity contribution in [3.8, 4) is 0 Å². The SMILES string of the molecule is CCNc1ccccc1C(=O)OCC(=O)c1ccc(Cl)cc1. The van der Waals surface area contributed by atoms with Gasteiger partial charge in [0.1, 0.15) is 0 Å². The van der Waals surface area contributed by atoms with Crippen molar-refractivity contribution in [3.05, 3.63) is 64.7 Å². The third-order valence-corrected chi connectivity index (χ3v) is 3.27. The topological polar surface area (TPSA) is 55.4 Å². The van der Waals surface area contributed by atoms with Gasteiger partial charge in [0.25, 0.3) is 0 Å². The number of nitrogens with one attached hydrogen (secondary N) is 1. The molecule has 5 heteroatoms. The fourth-order valence-electron chi connectivity index (χ4n) is 1.93. The van der Waals surface area contributed by atoms with E-state index in [1.54, 1.807) is 42.5 Å². The van der Waals surface area contributed by atoms with E-state index in [0.29, 0.717) is 28.4 Å². The number of esters is 1. The maximum atomic E-state index is 12.1. The molecule has 0 aliphatic heterocycles. The van der Waals surface area contributed by atoms with Gasteiger partial charge in [0.2, 0.25) is 0 Å². The summed E-state index contributed by atoms with van der Waals surface area (Å²) in [4.78, 5) is 24.1. The highest BCUT2D eigenvalue weighted by Gasteiger charge is 2.14. The third-order valence-electron chi connectivity index (χ3n) is 3.01. The molecule has 1 N–H and O–H groups in total. The van der Waals surface area contributed by atoms with Crippen LogP contribution in [0.5, 0.6) is 0 Å². The lowest BCUT2D eigenvalue weighted by Crippen LogP contribution is -2.15. The van der Waals surface area contributed by atoms with Gasteiger partial charge in [-0.3, -0.25) is 4.79 Å². The summed E-state index contributed by atoms with van der Waals surface area (Å²) in [7, 11) is 0. The molecule has 0 aliphatic carbocycles. The number of benzene rings is 2. The Morgan fingerprint density at radius 1 is 1.09 bits per heavy atom. The van der Waals surface area contributed by atoms with Crippen molar-refractivity contribution in [3.63, 3.8) is 0 Å². The molecule has 2 aromatic rings. The predicted octanol–water partition coefficient (Wildman–Crippen LogP) is 3.81. The first-order chi connectivity index (χ1) is 10.6. The molecule has 0 radical (unpaired) electrons. The van der Waals surface area contributed by atoms with Crippen LogP contribution in [-0.4, -0.2) is 24.9 Å². The molecule has 114 valence electrons. The second-order valence-electron chi connectivity index (χ2n) is 4.58. The summed E-state index contributed by atoms with van der Waals surface area (Å²) in [5.41, 5.74) is 1.55. The van der Waals surface area contributed by atoms with Gasteiger partial charge < -0.3 is 10.1 Å². The Bertz CT molecular complexity index is 668. The van der Waals surface area contributed by atoms with Gasteiger partial charge in [-0.05, 0) is 43.3 Å². The molecule has 0 aromatic heterocycles. The van der Waals surface area contributed by atoms with E-state index in [1.807, 2.05) is 13.0 Å². The lowest BCUT2D eigenvalue weighted by molar-refractivity contribution is 0.0475. The molecular weight excluding hydrogens is 302 g/mol. The fourth-order valence-corrected chi connectivity index (χ4v) is 2.06. The van der Waals surface area contributed by atoms with E-state index in [4.69, 9.17) is 16.3 Å². The first-order valence-electron chi connectivity index (χ1n) is 6.90. The van der Waals surface area contributed by atoms with Crippen LogP contribution < -0.4 is 5.32 Å². The van der Waals surface area contributed by atoms with E-state index >= 15 is 0 Å². The monoisotopic (exact) mass is 317 g/mol. The summed E-state index contributed by atoms with van der Waals surface area (Å²) in [5.74, 6) is -0.801. The lowest BCUT2D eigenvalue weighted by Gasteiger charge is -2.10. The Labute approximate surface area is 134 Å². The second kappa shape index (κ2) is 7.61. The molecule has 2 aromatic carbocycles. The number of carbonyl (C=O) groups excluding carboxylic acids is 2.